The van der Waals surface area contributed by atoms with Gasteiger partial charge in [0.25, 0.3) is 5.91 Å². The van der Waals surface area contributed by atoms with Crippen molar-refractivity contribution in [2.75, 3.05) is 18.1 Å². The van der Waals surface area contributed by atoms with Crippen molar-refractivity contribution in [1.29, 1.82) is 0 Å². The highest BCUT2D eigenvalue weighted by molar-refractivity contribution is 6.06. The first-order chi connectivity index (χ1) is 14.8. The molecule has 1 fully saturated rings. The van der Waals surface area contributed by atoms with Crippen LogP contribution < -0.4 is 19.7 Å². The summed E-state index contributed by atoms with van der Waals surface area (Å²) in [5, 5.41) is 2.86. The standard InChI is InChI=1S/C22H20F2N2O5/c1-12(22(29)25-15-4-5-15)26-17-8-13(2-6-20(17)31-11-21(26)28)18(27)10-30-19-7-3-14(23)9-16(19)24/h2-3,6-9,12,15H,4-5,10-11H2,1H3,(H,25,29). The molecule has 0 bridgehead atoms. The highest BCUT2D eigenvalue weighted by atomic mass is 19.1. The van der Waals surface area contributed by atoms with Crippen LogP contribution in [0.5, 0.6) is 11.5 Å². The Kier molecular flexibility index (Phi) is 5.58. The first kappa shape index (κ1) is 20.8. The molecule has 162 valence electrons. The number of anilines is 1. The molecule has 0 radical (unpaired) electrons. The minimum absolute atomic E-state index is 0.141. The fourth-order valence-electron chi connectivity index (χ4n) is 3.25. The van der Waals surface area contributed by atoms with Gasteiger partial charge in [-0.25, -0.2) is 8.78 Å². The van der Waals surface area contributed by atoms with Crippen molar-refractivity contribution in [3.05, 3.63) is 53.6 Å². The van der Waals surface area contributed by atoms with Gasteiger partial charge in [-0.2, -0.15) is 0 Å². The molecule has 2 aliphatic rings. The Morgan fingerprint density at radius 2 is 2.00 bits per heavy atom. The quantitative estimate of drug-likeness (QED) is 0.683. The van der Waals surface area contributed by atoms with Crippen LogP contribution in [0.4, 0.5) is 14.5 Å². The SMILES string of the molecule is CC(C(=O)NC1CC1)N1C(=O)COc2ccc(C(=O)COc3ccc(F)cc3F)cc21. The lowest BCUT2D eigenvalue weighted by Gasteiger charge is -2.33. The summed E-state index contributed by atoms with van der Waals surface area (Å²) < 4.78 is 37.3. The fraction of sp³-hybridized carbons (Fsp3) is 0.318. The van der Waals surface area contributed by atoms with E-state index in [-0.39, 0.29) is 29.9 Å². The number of amides is 2. The Balaban J connectivity index is 1.52. The second kappa shape index (κ2) is 8.33. The maximum absolute atomic E-state index is 13.7. The zero-order valence-electron chi connectivity index (χ0n) is 16.7. The Labute approximate surface area is 176 Å². The average Bonchev–Trinajstić information content (AvgIpc) is 3.56. The lowest BCUT2D eigenvalue weighted by molar-refractivity contribution is -0.127. The van der Waals surface area contributed by atoms with Crippen LogP contribution in [0.15, 0.2) is 36.4 Å². The van der Waals surface area contributed by atoms with Crippen LogP contribution in [0, 0.1) is 11.6 Å². The lowest BCUT2D eigenvalue weighted by Crippen LogP contribution is -2.51. The van der Waals surface area contributed by atoms with E-state index in [1.807, 2.05) is 0 Å². The highest BCUT2D eigenvalue weighted by Crippen LogP contribution is 2.35. The monoisotopic (exact) mass is 430 g/mol. The fourth-order valence-corrected chi connectivity index (χ4v) is 3.25. The van der Waals surface area contributed by atoms with Crippen molar-refractivity contribution < 1.29 is 32.6 Å². The predicted octanol–water partition coefficient (Wildman–Crippen LogP) is 2.62. The van der Waals surface area contributed by atoms with E-state index in [4.69, 9.17) is 9.47 Å². The average molecular weight is 430 g/mol. The molecular weight excluding hydrogens is 410 g/mol. The van der Waals surface area contributed by atoms with Crippen LogP contribution >= 0.6 is 0 Å². The number of fused-ring (bicyclic) bond motifs is 1. The van der Waals surface area contributed by atoms with Crippen molar-refractivity contribution in [2.24, 2.45) is 0 Å². The molecule has 1 aliphatic carbocycles. The number of hydrogen-bond acceptors (Lipinski definition) is 5. The number of benzene rings is 2. The minimum atomic E-state index is -0.918. The van der Waals surface area contributed by atoms with Gasteiger partial charge in [0.1, 0.15) is 17.6 Å². The van der Waals surface area contributed by atoms with Crippen molar-refractivity contribution in [1.82, 2.24) is 5.32 Å². The number of ether oxygens (including phenoxy) is 2. The molecule has 1 unspecified atom stereocenters. The molecule has 2 aromatic rings. The number of ketones is 1. The Hall–Kier alpha value is -3.49. The summed E-state index contributed by atoms with van der Waals surface area (Å²) in [6.07, 6.45) is 1.83. The Morgan fingerprint density at radius 1 is 1.23 bits per heavy atom. The molecular formula is C22H20F2N2O5. The van der Waals surface area contributed by atoms with Crippen molar-refractivity contribution in [2.45, 2.75) is 31.8 Å². The first-order valence-corrected chi connectivity index (χ1v) is 9.84. The normalized spacial score (nSPS) is 16.2. The molecule has 31 heavy (non-hydrogen) atoms. The van der Waals surface area contributed by atoms with Gasteiger partial charge in [-0.05, 0) is 50.1 Å². The van der Waals surface area contributed by atoms with E-state index in [0.717, 1.165) is 25.0 Å². The first-order valence-electron chi connectivity index (χ1n) is 9.84. The maximum Gasteiger partial charge on any atom is 0.265 e. The second-order valence-electron chi connectivity index (χ2n) is 7.48. The van der Waals surface area contributed by atoms with Crippen molar-refractivity contribution in [3.8, 4) is 11.5 Å². The zero-order valence-corrected chi connectivity index (χ0v) is 16.7. The number of hydrogen-bond donors (Lipinski definition) is 1. The number of nitrogens with zero attached hydrogens (tertiary/aromatic N) is 1. The molecule has 1 atom stereocenters. The summed E-state index contributed by atoms with van der Waals surface area (Å²) in [7, 11) is 0. The van der Waals surface area contributed by atoms with Crippen molar-refractivity contribution in [3.63, 3.8) is 0 Å². The van der Waals surface area contributed by atoms with E-state index in [9.17, 15) is 23.2 Å². The molecule has 1 N–H and O–H groups in total. The summed E-state index contributed by atoms with van der Waals surface area (Å²) in [5.41, 5.74) is 0.493. The van der Waals surface area contributed by atoms with Gasteiger partial charge in [0.05, 0.1) is 5.69 Å². The van der Waals surface area contributed by atoms with Gasteiger partial charge in [-0.15, -0.1) is 0 Å². The predicted molar refractivity (Wildman–Crippen MR) is 106 cm³/mol. The summed E-state index contributed by atoms with van der Waals surface area (Å²) >= 11 is 0. The van der Waals surface area contributed by atoms with Crippen molar-refractivity contribution >= 4 is 23.3 Å². The largest absolute Gasteiger partial charge is 0.482 e. The number of halogens is 2. The van der Waals surface area contributed by atoms with Gasteiger partial charge in [-0.1, -0.05) is 0 Å². The molecule has 9 heteroatoms. The molecule has 0 saturated heterocycles. The van der Waals surface area contributed by atoms with Gasteiger partial charge in [0, 0.05) is 17.7 Å². The zero-order chi connectivity index (χ0) is 22.1. The second-order valence-corrected chi connectivity index (χ2v) is 7.48. The number of Topliss-reactive ketones (excluding diaryl/α,β-unsaturated/α-hetero) is 1. The molecule has 0 aromatic heterocycles. The van der Waals surface area contributed by atoms with Gasteiger partial charge < -0.3 is 14.8 Å². The van der Waals surface area contributed by atoms with Crippen LogP contribution in [0.3, 0.4) is 0 Å². The van der Waals surface area contributed by atoms with Crippen LogP contribution in [-0.4, -0.2) is 42.9 Å². The van der Waals surface area contributed by atoms with Gasteiger partial charge in [-0.3, -0.25) is 19.3 Å². The smallest absolute Gasteiger partial charge is 0.265 e. The molecule has 1 saturated carbocycles. The number of nitrogens with one attached hydrogen (secondary N) is 1. The molecule has 2 aromatic carbocycles. The van der Waals surface area contributed by atoms with Gasteiger partial charge >= 0.3 is 0 Å². The van der Waals surface area contributed by atoms with E-state index >= 15 is 0 Å². The van der Waals surface area contributed by atoms with Crippen LogP contribution in [0.25, 0.3) is 0 Å². The van der Waals surface area contributed by atoms with E-state index in [2.05, 4.69) is 5.32 Å². The Morgan fingerprint density at radius 3 is 2.71 bits per heavy atom. The molecule has 1 heterocycles. The topological polar surface area (TPSA) is 84.9 Å². The molecule has 0 spiro atoms. The number of carbonyl (C=O) groups is 3. The summed E-state index contributed by atoms with van der Waals surface area (Å²) in [6, 6.07) is 6.61. The molecule has 1 aliphatic heterocycles. The lowest BCUT2D eigenvalue weighted by atomic mass is 10.1. The number of carbonyl (C=O) groups excluding carboxylic acids is 3. The third-order valence-corrected chi connectivity index (χ3v) is 5.10. The summed E-state index contributed by atoms with van der Waals surface area (Å²) in [6.45, 7) is 0.905. The highest BCUT2D eigenvalue weighted by Gasteiger charge is 2.35. The van der Waals surface area contributed by atoms with Crippen LogP contribution in [0.2, 0.25) is 0 Å². The van der Waals surface area contributed by atoms with Gasteiger partial charge in [0.15, 0.2) is 30.6 Å². The van der Waals surface area contributed by atoms with Crippen LogP contribution in [-0.2, 0) is 9.59 Å². The third kappa shape index (κ3) is 4.50. The Bertz CT molecular complexity index is 1050. The minimum Gasteiger partial charge on any atom is -0.482 e. The summed E-state index contributed by atoms with van der Waals surface area (Å²) in [4.78, 5) is 38.9. The third-order valence-electron chi connectivity index (χ3n) is 5.10. The molecule has 2 amide bonds. The van der Waals surface area contributed by atoms with Gasteiger partial charge in [0.2, 0.25) is 5.91 Å². The molecule has 7 nitrogen and oxygen atoms in total. The van der Waals surface area contributed by atoms with E-state index in [0.29, 0.717) is 17.5 Å². The molecule has 4 rings (SSSR count). The van der Waals surface area contributed by atoms with E-state index in [1.54, 1.807) is 6.92 Å². The maximum atomic E-state index is 13.7. The van der Waals surface area contributed by atoms with E-state index in [1.165, 1.54) is 23.1 Å². The van der Waals surface area contributed by atoms with E-state index < -0.39 is 36.0 Å². The number of rotatable bonds is 7. The van der Waals surface area contributed by atoms with Crippen LogP contribution in [0.1, 0.15) is 30.1 Å². The summed E-state index contributed by atoms with van der Waals surface area (Å²) in [5.74, 6) is -2.73.